The monoisotopic (exact) mass is 426 g/mol. The molecule has 0 aromatic heterocycles. The van der Waals surface area contributed by atoms with Crippen molar-refractivity contribution in [2.45, 2.75) is 18.6 Å². The average Bonchev–Trinajstić information content (AvgIpc) is 2.72. The number of fused-ring (bicyclic) bond motifs is 1. The lowest BCUT2D eigenvalue weighted by atomic mass is 9.93. The van der Waals surface area contributed by atoms with Crippen LogP contribution in [0.25, 0.3) is 0 Å². The fraction of sp³-hybridized carbons (Fsp3) is 0.136. The first-order chi connectivity index (χ1) is 14.7. The van der Waals surface area contributed by atoms with Gasteiger partial charge >= 0.3 is 5.97 Å². The molecule has 1 aliphatic heterocycles. The normalized spacial score (nSPS) is 17.4. The van der Waals surface area contributed by atoms with Crippen LogP contribution >= 0.6 is 0 Å². The van der Waals surface area contributed by atoms with Gasteiger partial charge in [0.15, 0.2) is 23.4 Å². The van der Waals surface area contributed by atoms with Crippen LogP contribution in [0.3, 0.4) is 0 Å². The van der Waals surface area contributed by atoms with Gasteiger partial charge in [0, 0.05) is 29.7 Å². The summed E-state index contributed by atoms with van der Waals surface area (Å²) in [6.45, 7) is 0. The minimum Gasteiger partial charge on any atom is -0.508 e. The van der Waals surface area contributed by atoms with E-state index in [-0.39, 0.29) is 40.5 Å². The number of benzene rings is 3. The lowest BCUT2D eigenvalue weighted by molar-refractivity contribution is -0.0188. The van der Waals surface area contributed by atoms with E-state index >= 15 is 0 Å². The highest BCUT2D eigenvalue weighted by molar-refractivity contribution is 5.89. The van der Waals surface area contributed by atoms with E-state index in [1.165, 1.54) is 30.3 Å². The van der Waals surface area contributed by atoms with Gasteiger partial charge in [-0.25, -0.2) is 4.79 Å². The third kappa shape index (κ3) is 3.80. The van der Waals surface area contributed by atoms with Crippen LogP contribution in [-0.4, -0.2) is 42.7 Å². The van der Waals surface area contributed by atoms with E-state index in [0.29, 0.717) is 5.56 Å². The van der Waals surface area contributed by atoms with Gasteiger partial charge in [-0.2, -0.15) is 0 Å². The van der Waals surface area contributed by atoms with Crippen LogP contribution in [0.15, 0.2) is 48.5 Å². The largest absolute Gasteiger partial charge is 0.508 e. The molecule has 3 aromatic carbocycles. The molecule has 0 aliphatic carbocycles. The van der Waals surface area contributed by atoms with Crippen molar-refractivity contribution in [3.05, 3.63) is 65.2 Å². The molecule has 9 heteroatoms. The number of esters is 1. The van der Waals surface area contributed by atoms with Gasteiger partial charge in [-0.05, 0) is 36.4 Å². The predicted octanol–water partition coefficient (Wildman–Crippen LogP) is 2.82. The molecule has 1 heterocycles. The summed E-state index contributed by atoms with van der Waals surface area (Å²) >= 11 is 0. The standard InChI is InChI=1S/C22H18O9/c23-12-3-1-10(2-4-12)22(29)31-19-9-14-15(25)7-13(24)8-18(14)30-21(19)11-5-16(26)20(28)17(27)6-11/h1-8,19,21,23-28H,9H2/t19-,21+/m1/s1. The van der Waals surface area contributed by atoms with E-state index in [9.17, 15) is 35.4 Å². The maximum atomic E-state index is 12.6. The molecule has 160 valence electrons. The zero-order valence-electron chi connectivity index (χ0n) is 15.9. The maximum Gasteiger partial charge on any atom is 0.338 e. The van der Waals surface area contributed by atoms with E-state index in [1.54, 1.807) is 0 Å². The molecule has 3 aromatic rings. The number of ether oxygens (including phenoxy) is 2. The summed E-state index contributed by atoms with van der Waals surface area (Å²) in [5, 5.41) is 58.8. The molecule has 0 unspecified atom stereocenters. The molecule has 0 spiro atoms. The minimum absolute atomic E-state index is 0.00165. The molecule has 0 amide bonds. The fourth-order valence-electron chi connectivity index (χ4n) is 3.43. The fourth-order valence-corrected chi connectivity index (χ4v) is 3.43. The predicted molar refractivity (Wildman–Crippen MR) is 106 cm³/mol. The van der Waals surface area contributed by atoms with Crippen LogP contribution < -0.4 is 4.74 Å². The quantitative estimate of drug-likeness (QED) is 0.274. The Morgan fingerprint density at radius 1 is 0.839 bits per heavy atom. The van der Waals surface area contributed by atoms with Gasteiger partial charge in [0.25, 0.3) is 0 Å². The van der Waals surface area contributed by atoms with Gasteiger partial charge in [-0.1, -0.05) is 0 Å². The van der Waals surface area contributed by atoms with Crippen molar-refractivity contribution in [1.82, 2.24) is 0 Å². The molecule has 0 radical (unpaired) electrons. The number of carbonyl (C=O) groups excluding carboxylic acids is 1. The SMILES string of the molecule is O=C(O[C@@H]1Cc2c(O)cc(O)cc2O[C@H]1c1cc(O)c(O)c(O)c1)c1ccc(O)cc1. The van der Waals surface area contributed by atoms with Crippen LogP contribution in [0.4, 0.5) is 0 Å². The van der Waals surface area contributed by atoms with E-state index in [1.807, 2.05) is 0 Å². The molecule has 2 atom stereocenters. The molecular formula is C22H18O9. The van der Waals surface area contributed by atoms with E-state index in [2.05, 4.69) is 0 Å². The molecule has 0 fully saturated rings. The van der Waals surface area contributed by atoms with Crippen molar-refractivity contribution in [2.75, 3.05) is 0 Å². The Hall–Kier alpha value is -4.27. The topological polar surface area (TPSA) is 157 Å². The molecular weight excluding hydrogens is 408 g/mol. The number of carbonyl (C=O) groups is 1. The van der Waals surface area contributed by atoms with Crippen molar-refractivity contribution >= 4 is 5.97 Å². The zero-order valence-corrected chi connectivity index (χ0v) is 15.9. The van der Waals surface area contributed by atoms with Crippen molar-refractivity contribution < 1.29 is 44.9 Å². The van der Waals surface area contributed by atoms with Gasteiger partial charge in [-0.15, -0.1) is 0 Å². The van der Waals surface area contributed by atoms with E-state index < -0.39 is 35.4 Å². The van der Waals surface area contributed by atoms with Crippen LogP contribution in [-0.2, 0) is 11.2 Å². The number of phenols is 6. The van der Waals surface area contributed by atoms with Crippen molar-refractivity contribution in [3.63, 3.8) is 0 Å². The van der Waals surface area contributed by atoms with E-state index in [0.717, 1.165) is 18.2 Å². The first-order valence-corrected chi connectivity index (χ1v) is 9.19. The Kier molecular flexibility index (Phi) is 4.86. The van der Waals surface area contributed by atoms with Crippen molar-refractivity contribution in [3.8, 4) is 40.2 Å². The minimum atomic E-state index is -1.05. The van der Waals surface area contributed by atoms with Crippen LogP contribution in [0.1, 0.15) is 27.6 Å². The summed E-state index contributed by atoms with van der Waals surface area (Å²) in [6, 6.07) is 10.1. The molecule has 4 rings (SSSR count). The van der Waals surface area contributed by atoms with Crippen molar-refractivity contribution in [1.29, 1.82) is 0 Å². The summed E-state index contributed by atoms with van der Waals surface area (Å²) < 4.78 is 11.4. The Morgan fingerprint density at radius 2 is 1.48 bits per heavy atom. The zero-order chi connectivity index (χ0) is 22.3. The lowest BCUT2D eigenvalue weighted by Crippen LogP contribution is -2.34. The van der Waals surface area contributed by atoms with Gasteiger partial charge in [0.05, 0.1) is 5.56 Å². The summed E-state index contributed by atoms with van der Waals surface area (Å²) in [6.07, 6.45) is -2.06. The van der Waals surface area contributed by atoms with Crippen LogP contribution in [0.2, 0.25) is 0 Å². The second-order valence-corrected chi connectivity index (χ2v) is 7.08. The number of hydrogen-bond donors (Lipinski definition) is 6. The highest BCUT2D eigenvalue weighted by Crippen LogP contribution is 2.45. The third-order valence-electron chi connectivity index (χ3n) is 4.95. The first kappa shape index (κ1) is 20.0. The summed E-state index contributed by atoms with van der Waals surface area (Å²) in [5.74, 6) is -3.05. The van der Waals surface area contributed by atoms with Gasteiger partial charge in [0.1, 0.15) is 29.1 Å². The van der Waals surface area contributed by atoms with Gasteiger partial charge in [0.2, 0.25) is 0 Å². The summed E-state index contributed by atoms with van der Waals surface area (Å²) in [5.41, 5.74) is 0.642. The van der Waals surface area contributed by atoms with Crippen LogP contribution in [0, 0.1) is 0 Å². The van der Waals surface area contributed by atoms with E-state index in [4.69, 9.17) is 9.47 Å². The lowest BCUT2D eigenvalue weighted by Gasteiger charge is -2.34. The number of aromatic hydroxyl groups is 6. The second kappa shape index (κ2) is 7.52. The molecule has 0 saturated carbocycles. The Morgan fingerprint density at radius 3 is 2.13 bits per heavy atom. The van der Waals surface area contributed by atoms with Crippen LogP contribution in [0.5, 0.6) is 40.2 Å². The first-order valence-electron chi connectivity index (χ1n) is 9.19. The Labute approximate surface area is 175 Å². The second-order valence-electron chi connectivity index (χ2n) is 7.08. The molecule has 0 bridgehead atoms. The number of rotatable bonds is 3. The highest BCUT2D eigenvalue weighted by Gasteiger charge is 2.37. The summed E-state index contributed by atoms with van der Waals surface area (Å²) in [7, 11) is 0. The Balaban J connectivity index is 1.73. The van der Waals surface area contributed by atoms with Crippen molar-refractivity contribution in [2.24, 2.45) is 0 Å². The molecule has 9 nitrogen and oxygen atoms in total. The summed E-state index contributed by atoms with van der Waals surface area (Å²) in [4.78, 5) is 12.6. The highest BCUT2D eigenvalue weighted by atomic mass is 16.6. The molecule has 31 heavy (non-hydrogen) atoms. The third-order valence-corrected chi connectivity index (χ3v) is 4.95. The Bertz CT molecular complexity index is 1130. The number of hydrogen-bond acceptors (Lipinski definition) is 9. The number of phenolic OH excluding ortho intramolecular Hbond substituents is 6. The molecule has 6 N–H and O–H groups in total. The molecule has 0 saturated heterocycles. The van der Waals surface area contributed by atoms with Gasteiger partial charge < -0.3 is 40.1 Å². The smallest absolute Gasteiger partial charge is 0.338 e. The molecule has 1 aliphatic rings. The van der Waals surface area contributed by atoms with Gasteiger partial charge in [-0.3, -0.25) is 0 Å². The maximum absolute atomic E-state index is 12.6. The average molecular weight is 426 g/mol.